The van der Waals surface area contributed by atoms with Crippen LogP contribution >= 0.6 is 0 Å². The third kappa shape index (κ3) is 2.49. The molecule has 3 saturated carbocycles. The Hall–Kier alpha value is 0. The van der Waals surface area contributed by atoms with Crippen LogP contribution in [0.2, 0.25) is 0 Å². The highest BCUT2D eigenvalue weighted by molar-refractivity contribution is 4.97. The van der Waals surface area contributed by atoms with Gasteiger partial charge in [-0.3, -0.25) is 0 Å². The van der Waals surface area contributed by atoms with Crippen LogP contribution in [0.1, 0.15) is 89.9 Å². The van der Waals surface area contributed by atoms with Crippen LogP contribution in [0.15, 0.2) is 0 Å². The molecule has 0 amide bonds. The van der Waals surface area contributed by atoms with E-state index >= 15 is 0 Å². The van der Waals surface area contributed by atoms with Crippen molar-refractivity contribution in [2.45, 2.75) is 89.9 Å². The number of hydrogen-bond acceptors (Lipinski definition) is 0. The lowest BCUT2D eigenvalue weighted by Gasteiger charge is -2.52. The predicted octanol–water partition coefficient (Wildman–Crippen LogP) is 5.91. The summed E-state index contributed by atoms with van der Waals surface area (Å²) in [6.45, 7) is 0. The lowest BCUT2D eigenvalue weighted by molar-refractivity contribution is -0.00851. The summed E-state index contributed by atoms with van der Waals surface area (Å²) in [6.07, 6.45) is 23.9. The standard InChI is InChI=1S/C18H31/c1-4-10-16(11-5-1)18(14-8-3-9-15-18)17-12-6-2-7-13-17/h1,16-17H,2-15H2. The Morgan fingerprint density at radius 2 is 1.17 bits per heavy atom. The lowest BCUT2D eigenvalue weighted by atomic mass is 9.53. The Morgan fingerprint density at radius 1 is 0.611 bits per heavy atom. The van der Waals surface area contributed by atoms with Gasteiger partial charge in [0, 0.05) is 0 Å². The fourth-order valence-electron chi connectivity index (χ4n) is 5.54. The molecule has 0 atom stereocenters. The molecule has 0 aromatic heterocycles. The first-order valence-electron chi connectivity index (χ1n) is 8.73. The van der Waals surface area contributed by atoms with Crippen LogP contribution in [0.5, 0.6) is 0 Å². The van der Waals surface area contributed by atoms with Crippen molar-refractivity contribution in [2.75, 3.05) is 0 Å². The Kier molecular flexibility index (Phi) is 4.31. The number of rotatable bonds is 2. The van der Waals surface area contributed by atoms with Crippen molar-refractivity contribution < 1.29 is 0 Å². The van der Waals surface area contributed by atoms with Crippen molar-refractivity contribution in [3.63, 3.8) is 0 Å². The molecule has 0 N–H and O–H groups in total. The molecule has 0 heteroatoms. The third-order valence-electron chi connectivity index (χ3n) is 6.45. The summed E-state index contributed by atoms with van der Waals surface area (Å²) < 4.78 is 0. The van der Waals surface area contributed by atoms with E-state index in [1.54, 1.807) is 25.7 Å². The second-order valence-corrected chi connectivity index (χ2v) is 7.27. The van der Waals surface area contributed by atoms with E-state index in [0.717, 1.165) is 17.3 Å². The van der Waals surface area contributed by atoms with Gasteiger partial charge in [0.2, 0.25) is 0 Å². The van der Waals surface area contributed by atoms with E-state index in [9.17, 15) is 0 Å². The van der Waals surface area contributed by atoms with Crippen LogP contribution in [-0.2, 0) is 0 Å². The van der Waals surface area contributed by atoms with Crippen molar-refractivity contribution in [1.29, 1.82) is 0 Å². The Morgan fingerprint density at radius 3 is 1.83 bits per heavy atom. The molecular formula is C18H31. The van der Waals surface area contributed by atoms with Gasteiger partial charge >= 0.3 is 0 Å². The van der Waals surface area contributed by atoms with Crippen LogP contribution in [-0.4, -0.2) is 0 Å². The highest BCUT2D eigenvalue weighted by atomic mass is 14.5. The van der Waals surface area contributed by atoms with Crippen molar-refractivity contribution in [3.05, 3.63) is 6.42 Å². The molecule has 0 saturated heterocycles. The SMILES string of the molecule is [CH]1CCC(C2(C3CCCCC3)CCCCC2)CC1. The summed E-state index contributed by atoms with van der Waals surface area (Å²) >= 11 is 0. The molecule has 3 aliphatic rings. The van der Waals surface area contributed by atoms with Gasteiger partial charge in [0.05, 0.1) is 0 Å². The van der Waals surface area contributed by atoms with Gasteiger partial charge in [-0.25, -0.2) is 0 Å². The van der Waals surface area contributed by atoms with Crippen molar-refractivity contribution >= 4 is 0 Å². The maximum atomic E-state index is 2.55. The second kappa shape index (κ2) is 5.97. The minimum atomic E-state index is 0.799. The first-order valence-corrected chi connectivity index (χ1v) is 8.73. The summed E-state index contributed by atoms with van der Waals surface area (Å²) in [7, 11) is 0. The summed E-state index contributed by atoms with van der Waals surface area (Å²) in [4.78, 5) is 0. The molecular weight excluding hydrogens is 216 g/mol. The highest BCUT2D eigenvalue weighted by Crippen LogP contribution is 2.56. The van der Waals surface area contributed by atoms with Gasteiger partial charge in [-0.1, -0.05) is 38.5 Å². The zero-order chi connectivity index (χ0) is 12.3. The maximum Gasteiger partial charge on any atom is -0.0241 e. The number of hydrogen-bond donors (Lipinski definition) is 0. The highest BCUT2D eigenvalue weighted by Gasteiger charge is 2.45. The molecule has 1 radical (unpaired) electrons. The molecule has 0 aromatic rings. The smallest absolute Gasteiger partial charge is 0.0241 e. The first-order chi connectivity index (χ1) is 8.92. The van der Waals surface area contributed by atoms with Crippen LogP contribution in [0, 0.1) is 23.7 Å². The monoisotopic (exact) mass is 247 g/mol. The van der Waals surface area contributed by atoms with E-state index in [1.165, 1.54) is 64.2 Å². The van der Waals surface area contributed by atoms with Gasteiger partial charge < -0.3 is 0 Å². The Labute approximate surface area is 114 Å². The quantitative estimate of drug-likeness (QED) is 0.569. The normalized spacial score (nSPS) is 31.3. The van der Waals surface area contributed by atoms with Gasteiger partial charge in [0.15, 0.2) is 0 Å². The molecule has 103 valence electrons. The molecule has 0 aromatic carbocycles. The molecule has 0 unspecified atom stereocenters. The molecule has 3 aliphatic carbocycles. The van der Waals surface area contributed by atoms with Crippen LogP contribution in [0.25, 0.3) is 0 Å². The fraction of sp³-hybridized carbons (Fsp3) is 0.944. The first kappa shape index (κ1) is 13.0. The van der Waals surface area contributed by atoms with E-state index in [-0.39, 0.29) is 0 Å². The predicted molar refractivity (Wildman–Crippen MR) is 78.4 cm³/mol. The lowest BCUT2D eigenvalue weighted by Crippen LogP contribution is -2.41. The zero-order valence-corrected chi connectivity index (χ0v) is 12.1. The molecule has 0 heterocycles. The minimum Gasteiger partial charge on any atom is -0.0533 e. The molecule has 0 nitrogen and oxygen atoms in total. The van der Waals surface area contributed by atoms with E-state index in [1.807, 2.05) is 0 Å². The van der Waals surface area contributed by atoms with E-state index in [4.69, 9.17) is 0 Å². The minimum absolute atomic E-state index is 0.799. The van der Waals surface area contributed by atoms with Crippen LogP contribution < -0.4 is 0 Å². The van der Waals surface area contributed by atoms with Crippen LogP contribution in [0.3, 0.4) is 0 Å². The molecule has 18 heavy (non-hydrogen) atoms. The van der Waals surface area contributed by atoms with Gasteiger partial charge in [-0.05, 0) is 75.0 Å². The van der Waals surface area contributed by atoms with Crippen molar-refractivity contribution in [2.24, 2.45) is 17.3 Å². The molecule has 3 rings (SSSR count). The van der Waals surface area contributed by atoms with Crippen molar-refractivity contribution in [3.8, 4) is 0 Å². The zero-order valence-electron chi connectivity index (χ0n) is 12.1. The summed E-state index contributed by atoms with van der Waals surface area (Å²) in [5.74, 6) is 2.19. The molecule has 0 spiro atoms. The Bertz CT molecular complexity index is 217. The maximum absolute atomic E-state index is 2.55. The molecule has 3 fully saturated rings. The van der Waals surface area contributed by atoms with Crippen molar-refractivity contribution in [1.82, 2.24) is 0 Å². The molecule has 0 bridgehead atoms. The average molecular weight is 247 g/mol. The van der Waals surface area contributed by atoms with E-state index in [2.05, 4.69) is 6.42 Å². The van der Waals surface area contributed by atoms with Crippen LogP contribution in [0.4, 0.5) is 0 Å². The second-order valence-electron chi connectivity index (χ2n) is 7.27. The largest absolute Gasteiger partial charge is 0.0533 e. The average Bonchev–Trinajstić information content (AvgIpc) is 2.50. The molecule has 0 aliphatic heterocycles. The van der Waals surface area contributed by atoms with Gasteiger partial charge in [0.1, 0.15) is 0 Å². The van der Waals surface area contributed by atoms with E-state index < -0.39 is 0 Å². The van der Waals surface area contributed by atoms with Gasteiger partial charge in [-0.2, -0.15) is 0 Å². The topological polar surface area (TPSA) is 0 Å². The summed E-state index contributed by atoms with van der Waals surface area (Å²) in [6, 6.07) is 0. The fourth-order valence-corrected chi connectivity index (χ4v) is 5.54. The third-order valence-corrected chi connectivity index (χ3v) is 6.45. The van der Waals surface area contributed by atoms with E-state index in [0.29, 0.717) is 0 Å². The summed E-state index contributed by atoms with van der Waals surface area (Å²) in [5.41, 5.74) is 0.799. The van der Waals surface area contributed by atoms with Gasteiger partial charge in [0.25, 0.3) is 0 Å². The Balaban J connectivity index is 1.77. The van der Waals surface area contributed by atoms with Gasteiger partial charge in [-0.15, -0.1) is 0 Å². The summed E-state index contributed by atoms with van der Waals surface area (Å²) in [5, 5.41) is 0.